The third-order valence-corrected chi connectivity index (χ3v) is 5.48. The molecule has 3 aromatic carbocycles. The molecule has 1 aliphatic heterocycles. The zero-order valence-electron chi connectivity index (χ0n) is 16.5. The van der Waals surface area contributed by atoms with Crippen LogP contribution in [0.1, 0.15) is 21.7 Å². The van der Waals surface area contributed by atoms with Gasteiger partial charge in [0.25, 0.3) is 5.91 Å². The summed E-state index contributed by atoms with van der Waals surface area (Å²) < 4.78 is 2.00. The fourth-order valence-corrected chi connectivity index (χ4v) is 3.96. The number of anilines is 1. The van der Waals surface area contributed by atoms with Gasteiger partial charge in [-0.3, -0.25) is 14.5 Å². The van der Waals surface area contributed by atoms with E-state index in [1.807, 2.05) is 78.4 Å². The second kappa shape index (κ2) is 7.15. The Labute approximate surface area is 173 Å². The number of nitrogens with zero attached hydrogens (tertiary/aromatic N) is 3. The Hall–Kier alpha value is -3.93. The standard InChI is InChI=1S/C24H20N4O2/c1-16-25-12-13-27(16)19-10-8-17(9-11-19)14-26-22(29)15-28-21-7-3-5-18-4-2-6-20(23(18)21)24(28)30/h2-13H,14-15H2,1H3,(H,26,29). The summed E-state index contributed by atoms with van der Waals surface area (Å²) in [6.07, 6.45) is 3.68. The second-order valence-electron chi connectivity index (χ2n) is 7.36. The largest absolute Gasteiger partial charge is 0.350 e. The Morgan fingerprint density at radius 2 is 1.80 bits per heavy atom. The Bertz CT molecular complexity index is 1270. The van der Waals surface area contributed by atoms with E-state index < -0.39 is 0 Å². The number of benzene rings is 3. The SMILES string of the molecule is Cc1nccn1-c1ccc(CNC(=O)CN2C(=O)c3cccc4cccc2c34)cc1. The molecule has 1 aromatic heterocycles. The van der Waals surface area contributed by atoms with Gasteiger partial charge < -0.3 is 9.88 Å². The zero-order valence-corrected chi connectivity index (χ0v) is 16.5. The van der Waals surface area contributed by atoms with Gasteiger partial charge in [-0.15, -0.1) is 0 Å². The summed E-state index contributed by atoms with van der Waals surface area (Å²) in [7, 11) is 0. The number of carbonyl (C=O) groups is 2. The summed E-state index contributed by atoms with van der Waals surface area (Å²) >= 11 is 0. The molecule has 0 saturated heterocycles. The quantitative estimate of drug-likeness (QED) is 0.560. The lowest BCUT2D eigenvalue weighted by molar-refractivity contribution is -0.119. The van der Waals surface area contributed by atoms with Gasteiger partial charge in [0, 0.05) is 35.6 Å². The lowest BCUT2D eigenvalue weighted by Gasteiger charge is -2.17. The Kier molecular flexibility index (Phi) is 4.32. The van der Waals surface area contributed by atoms with Crippen LogP contribution in [0.3, 0.4) is 0 Å². The molecule has 6 nitrogen and oxygen atoms in total. The van der Waals surface area contributed by atoms with Crippen molar-refractivity contribution < 1.29 is 9.59 Å². The molecule has 4 aromatic rings. The number of hydrogen-bond acceptors (Lipinski definition) is 3. The fourth-order valence-electron chi connectivity index (χ4n) is 3.96. The molecular formula is C24H20N4O2. The first-order valence-corrected chi connectivity index (χ1v) is 9.81. The molecule has 1 N–H and O–H groups in total. The van der Waals surface area contributed by atoms with Gasteiger partial charge in [0.05, 0.1) is 5.69 Å². The smallest absolute Gasteiger partial charge is 0.259 e. The van der Waals surface area contributed by atoms with Crippen molar-refractivity contribution in [1.29, 1.82) is 0 Å². The monoisotopic (exact) mass is 396 g/mol. The molecule has 30 heavy (non-hydrogen) atoms. The first-order valence-electron chi connectivity index (χ1n) is 9.81. The van der Waals surface area contributed by atoms with Crippen LogP contribution in [0.2, 0.25) is 0 Å². The van der Waals surface area contributed by atoms with E-state index in [0.717, 1.165) is 33.5 Å². The van der Waals surface area contributed by atoms with Crippen LogP contribution in [-0.2, 0) is 11.3 Å². The van der Waals surface area contributed by atoms with Gasteiger partial charge in [0.1, 0.15) is 12.4 Å². The van der Waals surface area contributed by atoms with E-state index in [9.17, 15) is 9.59 Å². The molecular weight excluding hydrogens is 376 g/mol. The zero-order chi connectivity index (χ0) is 20.7. The number of rotatable bonds is 5. The van der Waals surface area contributed by atoms with Crippen molar-refractivity contribution in [1.82, 2.24) is 14.9 Å². The highest BCUT2D eigenvalue weighted by atomic mass is 16.2. The van der Waals surface area contributed by atoms with E-state index in [1.165, 1.54) is 0 Å². The van der Waals surface area contributed by atoms with Crippen LogP contribution in [-0.4, -0.2) is 27.9 Å². The molecule has 0 fully saturated rings. The average Bonchev–Trinajstić information content (AvgIpc) is 3.31. The lowest BCUT2D eigenvalue weighted by Crippen LogP contribution is -2.38. The molecule has 148 valence electrons. The average molecular weight is 396 g/mol. The Balaban J connectivity index is 1.26. The summed E-state index contributed by atoms with van der Waals surface area (Å²) in [5, 5.41) is 4.85. The number of imidazole rings is 1. The van der Waals surface area contributed by atoms with E-state index in [2.05, 4.69) is 10.3 Å². The van der Waals surface area contributed by atoms with Crippen LogP contribution >= 0.6 is 0 Å². The fraction of sp³-hybridized carbons (Fsp3) is 0.125. The molecule has 5 rings (SSSR count). The molecule has 6 heteroatoms. The molecule has 0 bridgehead atoms. The number of amides is 2. The van der Waals surface area contributed by atoms with Gasteiger partial charge in [-0.25, -0.2) is 4.98 Å². The summed E-state index contributed by atoms with van der Waals surface area (Å²) in [6.45, 7) is 2.35. The summed E-state index contributed by atoms with van der Waals surface area (Å²) in [6, 6.07) is 19.4. The molecule has 0 spiro atoms. The predicted octanol–water partition coefficient (Wildman–Crippen LogP) is 3.61. The molecule has 0 unspecified atom stereocenters. The van der Waals surface area contributed by atoms with E-state index in [4.69, 9.17) is 0 Å². The van der Waals surface area contributed by atoms with Crippen LogP contribution in [0.25, 0.3) is 16.5 Å². The van der Waals surface area contributed by atoms with E-state index in [-0.39, 0.29) is 18.4 Å². The Morgan fingerprint density at radius 1 is 1.03 bits per heavy atom. The molecule has 2 heterocycles. The molecule has 2 amide bonds. The summed E-state index contributed by atoms with van der Waals surface area (Å²) in [5.41, 5.74) is 3.46. The number of aromatic nitrogens is 2. The first-order chi connectivity index (χ1) is 14.6. The van der Waals surface area contributed by atoms with Crippen molar-refractivity contribution in [2.24, 2.45) is 0 Å². The van der Waals surface area contributed by atoms with E-state index in [1.54, 1.807) is 11.1 Å². The van der Waals surface area contributed by atoms with Crippen LogP contribution < -0.4 is 10.2 Å². The van der Waals surface area contributed by atoms with Gasteiger partial charge in [-0.2, -0.15) is 0 Å². The maximum Gasteiger partial charge on any atom is 0.259 e. The first kappa shape index (κ1) is 18.1. The number of aryl methyl sites for hydroxylation is 1. The molecule has 1 aliphatic rings. The van der Waals surface area contributed by atoms with Crippen molar-refractivity contribution in [3.05, 3.63) is 90.0 Å². The highest BCUT2D eigenvalue weighted by Gasteiger charge is 2.30. The van der Waals surface area contributed by atoms with Gasteiger partial charge in [0.2, 0.25) is 5.91 Å². The van der Waals surface area contributed by atoms with Crippen LogP contribution in [0.4, 0.5) is 5.69 Å². The highest BCUT2D eigenvalue weighted by Crippen LogP contribution is 2.36. The minimum atomic E-state index is -0.192. The normalized spacial score (nSPS) is 12.6. The van der Waals surface area contributed by atoms with Gasteiger partial charge in [-0.1, -0.05) is 36.4 Å². The topological polar surface area (TPSA) is 67.2 Å². The number of nitrogens with one attached hydrogen (secondary N) is 1. The lowest BCUT2D eigenvalue weighted by atomic mass is 10.1. The second-order valence-corrected chi connectivity index (χ2v) is 7.36. The Morgan fingerprint density at radius 3 is 2.53 bits per heavy atom. The summed E-state index contributed by atoms with van der Waals surface area (Å²) in [4.78, 5) is 31.2. The van der Waals surface area contributed by atoms with Crippen molar-refractivity contribution >= 4 is 28.3 Å². The van der Waals surface area contributed by atoms with Crippen LogP contribution in [0.15, 0.2) is 73.1 Å². The molecule has 0 radical (unpaired) electrons. The van der Waals surface area contributed by atoms with Gasteiger partial charge in [-0.05, 0) is 42.1 Å². The molecule has 0 saturated carbocycles. The highest BCUT2D eigenvalue weighted by molar-refractivity contribution is 6.26. The predicted molar refractivity (Wildman–Crippen MR) is 116 cm³/mol. The molecule has 0 atom stereocenters. The van der Waals surface area contributed by atoms with Crippen LogP contribution in [0, 0.1) is 6.92 Å². The number of carbonyl (C=O) groups excluding carboxylic acids is 2. The maximum absolute atomic E-state index is 12.8. The van der Waals surface area contributed by atoms with E-state index >= 15 is 0 Å². The number of hydrogen-bond donors (Lipinski definition) is 1. The van der Waals surface area contributed by atoms with Crippen LogP contribution in [0.5, 0.6) is 0 Å². The minimum Gasteiger partial charge on any atom is -0.350 e. The summed E-state index contributed by atoms with van der Waals surface area (Å²) in [5.74, 6) is 0.599. The minimum absolute atomic E-state index is 0.00105. The third kappa shape index (κ3) is 3.03. The van der Waals surface area contributed by atoms with Gasteiger partial charge >= 0.3 is 0 Å². The van der Waals surface area contributed by atoms with E-state index in [0.29, 0.717) is 12.1 Å². The third-order valence-electron chi connectivity index (χ3n) is 5.48. The van der Waals surface area contributed by atoms with Crippen molar-refractivity contribution in [2.45, 2.75) is 13.5 Å². The van der Waals surface area contributed by atoms with Gasteiger partial charge in [0.15, 0.2) is 0 Å². The van der Waals surface area contributed by atoms with Crippen molar-refractivity contribution in [3.8, 4) is 5.69 Å². The van der Waals surface area contributed by atoms with Crippen molar-refractivity contribution in [2.75, 3.05) is 11.4 Å². The van der Waals surface area contributed by atoms with Crippen molar-refractivity contribution in [3.63, 3.8) is 0 Å². The molecule has 0 aliphatic carbocycles. The maximum atomic E-state index is 12.8.